The number of hydrogen-bond donors (Lipinski definition) is 2. The number of hydrogen-bond acceptors (Lipinski definition) is 4. The number of nitrogens with two attached hydrogens (primary N) is 1. The van der Waals surface area contributed by atoms with Crippen LogP contribution in [0.25, 0.3) is 11.0 Å². The summed E-state index contributed by atoms with van der Waals surface area (Å²) in [6.07, 6.45) is 1.10. The Morgan fingerprint density at radius 3 is 3.21 bits per heavy atom. The fourth-order valence-electron chi connectivity index (χ4n) is 2.59. The van der Waals surface area contributed by atoms with E-state index < -0.39 is 0 Å². The molecule has 1 aliphatic rings. The lowest BCUT2D eigenvalue weighted by Gasteiger charge is -2.26. The number of aromatic amines is 1. The molecule has 3 aromatic rings. The van der Waals surface area contributed by atoms with Gasteiger partial charge < -0.3 is 15.6 Å². The van der Waals surface area contributed by atoms with Crippen LogP contribution < -0.4 is 10.6 Å². The van der Waals surface area contributed by atoms with Gasteiger partial charge in [-0.2, -0.15) is 0 Å². The topological polar surface area (TPSA) is 57.9 Å². The van der Waals surface area contributed by atoms with Crippen molar-refractivity contribution in [1.82, 2.24) is 9.97 Å². The molecule has 0 unspecified atom stereocenters. The van der Waals surface area contributed by atoms with Crippen molar-refractivity contribution < 1.29 is 0 Å². The van der Waals surface area contributed by atoms with Crippen molar-refractivity contribution in [2.75, 3.05) is 17.2 Å². The Morgan fingerprint density at radius 2 is 2.26 bits per heavy atom. The van der Waals surface area contributed by atoms with Crippen LogP contribution in [0, 0.1) is 0 Å². The zero-order valence-electron chi connectivity index (χ0n) is 10.4. The minimum atomic E-state index is 0.765. The Balaban J connectivity index is 1.71. The summed E-state index contributed by atoms with van der Waals surface area (Å²) >= 11 is 1.86. The van der Waals surface area contributed by atoms with Gasteiger partial charge in [0.1, 0.15) is 0 Å². The van der Waals surface area contributed by atoms with Gasteiger partial charge in [-0.1, -0.05) is 0 Å². The van der Waals surface area contributed by atoms with Crippen LogP contribution in [0.3, 0.4) is 0 Å². The molecule has 4 nitrogen and oxygen atoms in total. The molecule has 0 radical (unpaired) electrons. The Bertz CT molecular complexity index is 743. The van der Waals surface area contributed by atoms with Gasteiger partial charge in [0.05, 0.1) is 11.0 Å². The van der Waals surface area contributed by atoms with Crippen molar-refractivity contribution >= 4 is 34.0 Å². The maximum atomic E-state index is 5.80. The molecule has 0 fully saturated rings. The van der Waals surface area contributed by atoms with Gasteiger partial charge in [0.15, 0.2) is 0 Å². The summed E-state index contributed by atoms with van der Waals surface area (Å²) in [5, 5.41) is 2.17. The molecule has 19 heavy (non-hydrogen) atoms. The number of aromatic nitrogens is 2. The highest BCUT2D eigenvalue weighted by molar-refractivity contribution is 7.10. The van der Waals surface area contributed by atoms with Crippen LogP contribution in [0.5, 0.6) is 0 Å². The molecule has 0 amide bonds. The van der Waals surface area contributed by atoms with E-state index in [-0.39, 0.29) is 0 Å². The SMILES string of the molecule is Nc1ccc2nc(N3CCc4sccc4C3)[nH]c2c1. The monoisotopic (exact) mass is 270 g/mol. The second kappa shape index (κ2) is 3.99. The van der Waals surface area contributed by atoms with Gasteiger partial charge in [0.25, 0.3) is 0 Å². The number of H-pyrrole nitrogens is 1. The molecule has 5 heteroatoms. The Labute approximate surface area is 114 Å². The second-order valence-electron chi connectivity index (χ2n) is 4.88. The van der Waals surface area contributed by atoms with E-state index in [1.54, 1.807) is 0 Å². The van der Waals surface area contributed by atoms with Crippen molar-refractivity contribution in [3.05, 3.63) is 40.1 Å². The Kier molecular flexibility index (Phi) is 2.29. The summed E-state index contributed by atoms with van der Waals surface area (Å²) in [5.74, 6) is 0.942. The predicted molar refractivity (Wildman–Crippen MR) is 79.6 cm³/mol. The summed E-state index contributed by atoms with van der Waals surface area (Å²) in [4.78, 5) is 11.8. The third kappa shape index (κ3) is 1.77. The first kappa shape index (κ1) is 10.9. The zero-order valence-corrected chi connectivity index (χ0v) is 11.2. The van der Waals surface area contributed by atoms with Crippen LogP contribution in [0.15, 0.2) is 29.6 Å². The van der Waals surface area contributed by atoms with Gasteiger partial charge in [-0.25, -0.2) is 4.98 Å². The van der Waals surface area contributed by atoms with Gasteiger partial charge in [-0.15, -0.1) is 11.3 Å². The third-order valence-corrected chi connectivity index (χ3v) is 4.62. The van der Waals surface area contributed by atoms with Crippen LogP contribution >= 0.6 is 11.3 Å². The van der Waals surface area contributed by atoms with E-state index in [0.717, 1.165) is 42.2 Å². The maximum Gasteiger partial charge on any atom is 0.204 e. The molecule has 0 atom stereocenters. The molecule has 0 saturated carbocycles. The Hall–Kier alpha value is -2.01. The van der Waals surface area contributed by atoms with Crippen LogP contribution in [-0.4, -0.2) is 16.5 Å². The molecular formula is C14H14N4S. The molecule has 3 N–H and O–H groups in total. The van der Waals surface area contributed by atoms with Crippen LogP contribution in [0.4, 0.5) is 11.6 Å². The number of imidazole rings is 1. The number of nitrogen functional groups attached to an aromatic ring is 1. The first-order chi connectivity index (χ1) is 9.29. The number of thiophene rings is 1. The molecule has 2 aromatic heterocycles. The van der Waals surface area contributed by atoms with Gasteiger partial charge >= 0.3 is 0 Å². The molecule has 1 aliphatic heterocycles. The zero-order chi connectivity index (χ0) is 12.8. The predicted octanol–water partition coefficient (Wildman–Crippen LogP) is 2.77. The molecule has 3 heterocycles. The van der Waals surface area contributed by atoms with E-state index >= 15 is 0 Å². The summed E-state index contributed by atoms with van der Waals surface area (Å²) in [5.41, 5.74) is 9.97. The van der Waals surface area contributed by atoms with Crippen molar-refractivity contribution in [3.63, 3.8) is 0 Å². The third-order valence-electron chi connectivity index (χ3n) is 3.60. The fraction of sp³-hybridized carbons (Fsp3) is 0.214. The largest absolute Gasteiger partial charge is 0.399 e. The number of rotatable bonds is 1. The molecular weight excluding hydrogens is 256 g/mol. The fourth-order valence-corrected chi connectivity index (χ4v) is 3.48. The Morgan fingerprint density at radius 1 is 1.32 bits per heavy atom. The molecule has 4 rings (SSSR count). The van der Waals surface area contributed by atoms with Crippen molar-refractivity contribution in [3.8, 4) is 0 Å². The van der Waals surface area contributed by atoms with Gasteiger partial charge in [-0.3, -0.25) is 0 Å². The van der Waals surface area contributed by atoms with Crippen LogP contribution in [0.1, 0.15) is 10.4 Å². The summed E-state index contributed by atoms with van der Waals surface area (Å²) in [7, 11) is 0. The van der Waals surface area contributed by atoms with Gasteiger partial charge in [0, 0.05) is 23.7 Å². The van der Waals surface area contributed by atoms with E-state index in [1.165, 1.54) is 10.4 Å². The smallest absolute Gasteiger partial charge is 0.204 e. The van der Waals surface area contributed by atoms with E-state index in [0.29, 0.717) is 0 Å². The van der Waals surface area contributed by atoms with E-state index in [2.05, 4.69) is 26.3 Å². The van der Waals surface area contributed by atoms with Gasteiger partial charge in [-0.05, 0) is 41.6 Å². The maximum absolute atomic E-state index is 5.80. The lowest BCUT2D eigenvalue weighted by molar-refractivity contribution is 0.725. The molecule has 0 spiro atoms. The quantitative estimate of drug-likeness (QED) is 0.668. The van der Waals surface area contributed by atoms with E-state index in [9.17, 15) is 0 Å². The highest BCUT2D eigenvalue weighted by Crippen LogP contribution is 2.27. The average Bonchev–Trinajstić information content (AvgIpc) is 3.02. The summed E-state index contributed by atoms with van der Waals surface area (Å²) < 4.78 is 0. The first-order valence-corrected chi connectivity index (χ1v) is 7.23. The molecule has 0 bridgehead atoms. The number of nitrogens with zero attached hydrogens (tertiary/aromatic N) is 2. The van der Waals surface area contributed by atoms with E-state index in [4.69, 9.17) is 5.73 Å². The van der Waals surface area contributed by atoms with Crippen molar-refractivity contribution in [1.29, 1.82) is 0 Å². The standard InChI is InChI=1S/C14H14N4S/c15-10-1-2-11-12(7-10)17-14(16-11)18-5-3-13-9(8-18)4-6-19-13/h1-2,4,6-7H,3,5,8,15H2,(H,16,17). The minimum absolute atomic E-state index is 0.765. The van der Waals surface area contributed by atoms with Crippen molar-refractivity contribution in [2.45, 2.75) is 13.0 Å². The van der Waals surface area contributed by atoms with Crippen LogP contribution in [0.2, 0.25) is 0 Å². The lowest BCUT2D eigenvalue weighted by atomic mass is 10.1. The van der Waals surface area contributed by atoms with Crippen molar-refractivity contribution in [2.24, 2.45) is 0 Å². The highest BCUT2D eigenvalue weighted by Gasteiger charge is 2.19. The number of nitrogens with one attached hydrogen (secondary N) is 1. The molecule has 96 valence electrons. The molecule has 0 saturated heterocycles. The van der Waals surface area contributed by atoms with Crippen LogP contribution in [-0.2, 0) is 13.0 Å². The second-order valence-corrected chi connectivity index (χ2v) is 5.88. The number of fused-ring (bicyclic) bond motifs is 2. The highest BCUT2D eigenvalue weighted by atomic mass is 32.1. The molecule has 0 aliphatic carbocycles. The van der Waals surface area contributed by atoms with Gasteiger partial charge in [0.2, 0.25) is 5.95 Å². The number of anilines is 2. The van der Waals surface area contributed by atoms with E-state index in [1.807, 2.05) is 29.5 Å². The lowest BCUT2D eigenvalue weighted by Crippen LogP contribution is -2.30. The minimum Gasteiger partial charge on any atom is -0.399 e. The number of benzene rings is 1. The first-order valence-electron chi connectivity index (χ1n) is 6.35. The normalized spacial score (nSPS) is 14.8. The molecule has 1 aromatic carbocycles. The summed E-state index contributed by atoms with van der Waals surface area (Å²) in [6.45, 7) is 1.96. The summed E-state index contributed by atoms with van der Waals surface area (Å²) in [6, 6.07) is 8.00. The average molecular weight is 270 g/mol.